The van der Waals surface area contributed by atoms with Crippen molar-refractivity contribution in [1.29, 1.82) is 0 Å². The van der Waals surface area contributed by atoms with Crippen molar-refractivity contribution in [1.82, 2.24) is 10.2 Å². The molecular formula is C22H26FN5O. The maximum Gasteiger partial charge on any atom is 0.232 e. The quantitative estimate of drug-likeness (QED) is 0.617. The number of hydrogen-bond donors (Lipinski definition) is 2. The van der Waals surface area contributed by atoms with Gasteiger partial charge in [-0.15, -0.1) is 0 Å². The number of rotatable bonds is 4. The van der Waals surface area contributed by atoms with Gasteiger partial charge >= 0.3 is 0 Å². The van der Waals surface area contributed by atoms with E-state index < -0.39 is 0 Å². The lowest BCUT2D eigenvalue weighted by Gasteiger charge is -2.37. The number of carbonyl (C=O) groups is 1. The third kappa shape index (κ3) is 4.04. The molecule has 1 saturated heterocycles. The van der Waals surface area contributed by atoms with Crippen molar-refractivity contribution in [2.24, 2.45) is 4.99 Å². The first-order valence-electron chi connectivity index (χ1n) is 10.0. The standard InChI is InChI=1S/C22H26FN5O/c1-24-22(25-11-10-17-16-6-2-4-8-19(16)26-21(17)29)28-14-12-27(13-15-28)20-9-5-3-7-18(20)23/h2-9,17H,10-15H2,1H3,(H,24,25)(H,26,29). The van der Waals surface area contributed by atoms with E-state index in [1.165, 1.54) is 6.07 Å². The maximum absolute atomic E-state index is 14.0. The van der Waals surface area contributed by atoms with Gasteiger partial charge in [-0.25, -0.2) is 4.39 Å². The average molecular weight is 395 g/mol. The number of nitrogens with zero attached hydrogens (tertiary/aromatic N) is 3. The molecule has 2 aliphatic heterocycles. The minimum Gasteiger partial charge on any atom is -0.366 e. The van der Waals surface area contributed by atoms with Crippen LogP contribution >= 0.6 is 0 Å². The number of halogens is 1. The number of carbonyl (C=O) groups excluding carboxylic acids is 1. The van der Waals surface area contributed by atoms with Crippen LogP contribution in [0.4, 0.5) is 15.8 Å². The Hall–Kier alpha value is -3.09. The molecule has 2 aromatic rings. The Labute approximate surface area is 170 Å². The predicted molar refractivity (Wildman–Crippen MR) is 114 cm³/mol. The van der Waals surface area contributed by atoms with Gasteiger partial charge in [0.1, 0.15) is 5.82 Å². The zero-order valence-electron chi connectivity index (χ0n) is 16.6. The van der Waals surface area contributed by atoms with Crippen LogP contribution in [0.1, 0.15) is 17.9 Å². The number of para-hydroxylation sites is 2. The lowest BCUT2D eigenvalue weighted by Crippen LogP contribution is -2.53. The van der Waals surface area contributed by atoms with E-state index in [2.05, 4.69) is 25.4 Å². The highest BCUT2D eigenvalue weighted by molar-refractivity contribution is 6.02. The number of piperazine rings is 1. The van der Waals surface area contributed by atoms with Crippen molar-refractivity contribution in [3.63, 3.8) is 0 Å². The molecule has 0 spiro atoms. The second-order valence-corrected chi connectivity index (χ2v) is 7.32. The van der Waals surface area contributed by atoms with Crippen LogP contribution in [0.15, 0.2) is 53.5 Å². The molecule has 7 heteroatoms. The number of aliphatic imine (C=N–C) groups is 1. The second kappa shape index (κ2) is 8.51. The molecule has 2 heterocycles. The average Bonchev–Trinajstić information content (AvgIpc) is 3.07. The van der Waals surface area contributed by atoms with E-state index in [4.69, 9.17) is 0 Å². The number of guanidine groups is 1. The van der Waals surface area contributed by atoms with Crippen molar-refractivity contribution in [2.75, 3.05) is 50.0 Å². The highest BCUT2D eigenvalue weighted by atomic mass is 19.1. The van der Waals surface area contributed by atoms with Gasteiger partial charge in [0.05, 0.1) is 11.6 Å². The number of anilines is 2. The SMILES string of the molecule is CN=C(NCCC1C(=O)Nc2ccccc21)N1CCN(c2ccccc2F)CC1. The van der Waals surface area contributed by atoms with Crippen LogP contribution in [0.3, 0.4) is 0 Å². The fourth-order valence-electron chi connectivity index (χ4n) is 4.09. The first-order valence-corrected chi connectivity index (χ1v) is 10.0. The van der Waals surface area contributed by atoms with Crippen molar-refractivity contribution in [2.45, 2.75) is 12.3 Å². The summed E-state index contributed by atoms with van der Waals surface area (Å²) in [6.07, 6.45) is 0.705. The summed E-state index contributed by atoms with van der Waals surface area (Å²) in [7, 11) is 1.77. The molecular weight excluding hydrogens is 369 g/mol. The van der Waals surface area contributed by atoms with Crippen molar-refractivity contribution < 1.29 is 9.18 Å². The molecule has 0 radical (unpaired) electrons. The number of hydrogen-bond acceptors (Lipinski definition) is 3. The molecule has 0 bridgehead atoms. The molecule has 1 unspecified atom stereocenters. The summed E-state index contributed by atoms with van der Waals surface area (Å²) in [5, 5.41) is 6.33. The monoisotopic (exact) mass is 395 g/mol. The summed E-state index contributed by atoms with van der Waals surface area (Å²) in [5.74, 6) is 0.569. The molecule has 2 aliphatic rings. The third-order valence-electron chi connectivity index (χ3n) is 5.61. The van der Waals surface area contributed by atoms with Crippen LogP contribution < -0.4 is 15.5 Å². The molecule has 4 rings (SSSR count). The lowest BCUT2D eigenvalue weighted by atomic mass is 9.97. The summed E-state index contributed by atoms with van der Waals surface area (Å²) < 4.78 is 14.0. The van der Waals surface area contributed by atoms with Gasteiger partial charge < -0.3 is 20.4 Å². The predicted octanol–water partition coefficient (Wildman–Crippen LogP) is 2.65. The topological polar surface area (TPSA) is 60.0 Å². The van der Waals surface area contributed by atoms with E-state index in [1.807, 2.05) is 36.4 Å². The maximum atomic E-state index is 14.0. The molecule has 0 aromatic heterocycles. The Morgan fingerprint density at radius 1 is 1.14 bits per heavy atom. The van der Waals surface area contributed by atoms with Crippen LogP contribution in [-0.2, 0) is 4.79 Å². The van der Waals surface area contributed by atoms with E-state index in [-0.39, 0.29) is 17.6 Å². The lowest BCUT2D eigenvalue weighted by molar-refractivity contribution is -0.117. The van der Waals surface area contributed by atoms with E-state index in [9.17, 15) is 9.18 Å². The summed E-state index contributed by atoms with van der Waals surface area (Å²) in [5.41, 5.74) is 2.63. The molecule has 2 aromatic carbocycles. The zero-order chi connectivity index (χ0) is 20.2. The van der Waals surface area contributed by atoms with Gasteiger partial charge in [0.25, 0.3) is 0 Å². The highest BCUT2D eigenvalue weighted by Gasteiger charge is 2.30. The number of amides is 1. The van der Waals surface area contributed by atoms with E-state index in [0.717, 1.165) is 43.4 Å². The molecule has 6 nitrogen and oxygen atoms in total. The first-order chi connectivity index (χ1) is 14.2. The highest BCUT2D eigenvalue weighted by Crippen LogP contribution is 2.33. The van der Waals surface area contributed by atoms with Crippen molar-refractivity contribution >= 4 is 23.2 Å². The Morgan fingerprint density at radius 3 is 2.62 bits per heavy atom. The molecule has 0 aliphatic carbocycles. The van der Waals surface area contributed by atoms with Crippen LogP contribution in [0, 0.1) is 5.82 Å². The largest absolute Gasteiger partial charge is 0.366 e. The Morgan fingerprint density at radius 2 is 1.86 bits per heavy atom. The molecule has 29 heavy (non-hydrogen) atoms. The van der Waals surface area contributed by atoms with Gasteiger partial charge in [0.15, 0.2) is 5.96 Å². The van der Waals surface area contributed by atoms with Crippen LogP contribution in [0.25, 0.3) is 0 Å². The minimum absolute atomic E-state index is 0.0569. The van der Waals surface area contributed by atoms with Crippen molar-refractivity contribution in [3.8, 4) is 0 Å². The molecule has 1 atom stereocenters. The van der Waals surface area contributed by atoms with Gasteiger partial charge in [-0.2, -0.15) is 0 Å². The molecule has 1 fully saturated rings. The van der Waals surface area contributed by atoms with Gasteiger partial charge in [-0.1, -0.05) is 30.3 Å². The van der Waals surface area contributed by atoms with E-state index in [0.29, 0.717) is 18.7 Å². The van der Waals surface area contributed by atoms with Gasteiger partial charge in [0.2, 0.25) is 5.91 Å². The summed E-state index contributed by atoms with van der Waals surface area (Å²) >= 11 is 0. The zero-order valence-corrected chi connectivity index (χ0v) is 16.6. The van der Waals surface area contributed by atoms with Crippen LogP contribution in [0.5, 0.6) is 0 Å². The Balaban J connectivity index is 1.30. The van der Waals surface area contributed by atoms with Crippen LogP contribution in [0.2, 0.25) is 0 Å². The number of benzene rings is 2. The second-order valence-electron chi connectivity index (χ2n) is 7.32. The Bertz CT molecular complexity index is 908. The minimum atomic E-state index is -0.182. The van der Waals surface area contributed by atoms with Crippen molar-refractivity contribution in [3.05, 3.63) is 59.9 Å². The summed E-state index contributed by atoms with van der Waals surface area (Å²) in [6.45, 7) is 3.66. The fourth-order valence-corrected chi connectivity index (χ4v) is 4.09. The van der Waals surface area contributed by atoms with Crippen LogP contribution in [-0.4, -0.2) is 56.5 Å². The Kier molecular flexibility index (Phi) is 5.64. The summed E-state index contributed by atoms with van der Waals surface area (Å²) in [4.78, 5) is 20.9. The van der Waals surface area contributed by atoms with Gasteiger partial charge in [-0.3, -0.25) is 9.79 Å². The summed E-state index contributed by atoms with van der Waals surface area (Å²) in [6, 6.07) is 14.7. The molecule has 152 valence electrons. The normalized spacial score (nSPS) is 19.2. The van der Waals surface area contributed by atoms with Gasteiger partial charge in [-0.05, 0) is 30.2 Å². The fraction of sp³-hybridized carbons (Fsp3) is 0.364. The van der Waals surface area contributed by atoms with Gasteiger partial charge in [0, 0.05) is 45.5 Å². The molecule has 2 N–H and O–H groups in total. The number of fused-ring (bicyclic) bond motifs is 1. The number of nitrogens with one attached hydrogen (secondary N) is 2. The molecule has 1 amide bonds. The molecule has 0 saturated carbocycles. The third-order valence-corrected chi connectivity index (χ3v) is 5.61. The first kappa shape index (κ1) is 19.2. The smallest absolute Gasteiger partial charge is 0.232 e. The van der Waals surface area contributed by atoms with E-state index >= 15 is 0 Å². The van der Waals surface area contributed by atoms with E-state index in [1.54, 1.807) is 13.1 Å².